The maximum atomic E-state index is 12.2. The van der Waals surface area contributed by atoms with E-state index in [0.717, 1.165) is 22.7 Å². The van der Waals surface area contributed by atoms with Gasteiger partial charge in [-0.2, -0.15) is 5.10 Å². The van der Waals surface area contributed by atoms with Gasteiger partial charge in [0, 0.05) is 48.0 Å². The Morgan fingerprint density at radius 3 is 2.48 bits per heavy atom. The van der Waals surface area contributed by atoms with Crippen molar-refractivity contribution in [1.29, 1.82) is 0 Å². The molecular formula is C29H29N9O2. The fourth-order valence-electron chi connectivity index (χ4n) is 3.85. The molecule has 0 atom stereocenters. The molecule has 3 heterocycles. The second kappa shape index (κ2) is 12.0. The molecule has 40 heavy (non-hydrogen) atoms. The van der Waals surface area contributed by atoms with Crippen molar-refractivity contribution in [3.63, 3.8) is 0 Å². The maximum absolute atomic E-state index is 12.2. The Balaban J connectivity index is 1.21. The van der Waals surface area contributed by atoms with E-state index >= 15 is 0 Å². The van der Waals surface area contributed by atoms with Gasteiger partial charge < -0.3 is 25.6 Å². The molecule has 3 N–H and O–H groups in total. The smallest absolute Gasteiger partial charge is 0.248 e. The van der Waals surface area contributed by atoms with Gasteiger partial charge in [-0.15, -0.1) is 0 Å². The molecule has 11 nitrogen and oxygen atoms in total. The van der Waals surface area contributed by atoms with E-state index in [2.05, 4.69) is 36.0 Å². The van der Waals surface area contributed by atoms with Crippen molar-refractivity contribution in [2.45, 2.75) is 6.92 Å². The van der Waals surface area contributed by atoms with Gasteiger partial charge in [-0.3, -0.25) is 4.79 Å². The highest BCUT2D eigenvalue weighted by atomic mass is 16.5. The zero-order valence-electron chi connectivity index (χ0n) is 22.4. The summed E-state index contributed by atoms with van der Waals surface area (Å²) in [6.07, 6.45) is 8.13. The van der Waals surface area contributed by atoms with Crippen molar-refractivity contribution in [2.24, 2.45) is 0 Å². The second-order valence-corrected chi connectivity index (χ2v) is 9.28. The molecule has 11 heteroatoms. The molecule has 0 aliphatic rings. The maximum Gasteiger partial charge on any atom is 0.248 e. The van der Waals surface area contributed by atoms with E-state index in [1.807, 2.05) is 92.7 Å². The molecule has 3 aromatic heterocycles. The van der Waals surface area contributed by atoms with Crippen molar-refractivity contribution in [1.82, 2.24) is 29.5 Å². The third kappa shape index (κ3) is 6.97. The number of likely N-dealkylation sites (N-methyl/N-ethyl adjacent to an activating group) is 1. The van der Waals surface area contributed by atoms with Crippen molar-refractivity contribution in [2.75, 3.05) is 36.6 Å². The molecular weight excluding hydrogens is 506 g/mol. The fourth-order valence-corrected chi connectivity index (χ4v) is 3.85. The number of pyridine rings is 1. The van der Waals surface area contributed by atoms with Crippen molar-refractivity contribution in [3.05, 3.63) is 97.2 Å². The second-order valence-electron chi connectivity index (χ2n) is 9.28. The summed E-state index contributed by atoms with van der Waals surface area (Å²) in [7, 11) is 3.89. The molecule has 5 rings (SSSR count). The normalized spacial score (nSPS) is 11.2. The zero-order chi connectivity index (χ0) is 27.9. The lowest BCUT2D eigenvalue weighted by molar-refractivity contribution is -0.111. The van der Waals surface area contributed by atoms with Crippen LogP contribution in [0.3, 0.4) is 0 Å². The Morgan fingerprint density at radius 2 is 1.70 bits per heavy atom. The average molecular weight is 536 g/mol. The van der Waals surface area contributed by atoms with E-state index in [1.54, 1.807) is 10.7 Å². The van der Waals surface area contributed by atoms with Crippen molar-refractivity contribution in [3.8, 4) is 11.5 Å². The number of anilines is 5. The van der Waals surface area contributed by atoms with Crippen LogP contribution >= 0.6 is 0 Å². The van der Waals surface area contributed by atoms with Crippen LogP contribution in [0.25, 0.3) is 5.65 Å². The Hall–Kier alpha value is -5.29. The summed E-state index contributed by atoms with van der Waals surface area (Å²) in [5, 5.41) is 13.5. The first-order valence-corrected chi connectivity index (χ1v) is 12.6. The molecule has 0 saturated carbocycles. The number of aryl methyl sites for hydroxylation is 1. The number of amides is 1. The molecule has 5 aromatic rings. The molecule has 2 aromatic carbocycles. The van der Waals surface area contributed by atoms with Crippen LogP contribution in [0.1, 0.15) is 5.56 Å². The predicted molar refractivity (Wildman–Crippen MR) is 156 cm³/mol. The van der Waals surface area contributed by atoms with Gasteiger partial charge in [-0.1, -0.05) is 12.1 Å². The molecule has 0 saturated heterocycles. The van der Waals surface area contributed by atoms with E-state index in [-0.39, 0.29) is 5.91 Å². The Kier molecular flexibility index (Phi) is 7.93. The number of benzene rings is 2. The Morgan fingerprint density at radius 1 is 0.925 bits per heavy atom. The summed E-state index contributed by atoms with van der Waals surface area (Å²) in [5.41, 5.74) is 3.98. The molecule has 0 fully saturated rings. The van der Waals surface area contributed by atoms with Crippen LogP contribution in [0.4, 0.5) is 28.7 Å². The summed E-state index contributed by atoms with van der Waals surface area (Å²) in [6, 6.07) is 18.7. The largest absolute Gasteiger partial charge is 0.457 e. The summed E-state index contributed by atoms with van der Waals surface area (Å²) < 4.78 is 7.74. The van der Waals surface area contributed by atoms with Crippen LogP contribution < -0.4 is 20.7 Å². The minimum atomic E-state index is -0.185. The zero-order valence-corrected chi connectivity index (χ0v) is 22.4. The van der Waals surface area contributed by atoms with Crippen molar-refractivity contribution < 1.29 is 9.53 Å². The van der Waals surface area contributed by atoms with Crippen LogP contribution in [-0.2, 0) is 4.79 Å². The Bertz CT molecular complexity index is 1660. The first-order chi connectivity index (χ1) is 19.4. The quantitative estimate of drug-likeness (QED) is 0.208. The number of hydrogen-bond acceptors (Lipinski definition) is 9. The molecule has 0 bridgehead atoms. The summed E-state index contributed by atoms with van der Waals surface area (Å²) in [5.74, 6) is 2.46. The van der Waals surface area contributed by atoms with Gasteiger partial charge in [0.2, 0.25) is 5.91 Å². The Labute approximate surface area is 231 Å². The third-order valence-electron chi connectivity index (χ3n) is 5.74. The number of carbonyl (C=O) groups is 1. The number of rotatable bonds is 10. The molecule has 202 valence electrons. The molecule has 1 amide bonds. The fraction of sp³-hybridized carbons (Fsp3) is 0.138. The van der Waals surface area contributed by atoms with Gasteiger partial charge in [-0.25, -0.2) is 19.5 Å². The molecule has 0 unspecified atom stereocenters. The van der Waals surface area contributed by atoms with Crippen LogP contribution in [-0.4, -0.2) is 56.0 Å². The van der Waals surface area contributed by atoms with E-state index in [0.29, 0.717) is 35.3 Å². The highest BCUT2D eigenvalue weighted by molar-refractivity contribution is 5.99. The van der Waals surface area contributed by atoms with Crippen molar-refractivity contribution >= 4 is 40.3 Å². The van der Waals surface area contributed by atoms with E-state index in [4.69, 9.17) is 4.74 Å². The molecule has 0 aliphatic heterocycles. The number of fused-ring (bicyclic) bond motifs is 1. The number of nitrogens with one attached hydrogen (secondary N) is 3. The van der Waals surface area contributed by atoms with Gasteiger partial charge in [-0.05, 0) is 69.0 Å². The van der Waals surface area contributed by atoms with Gasteiger partial charge in [0.05, 0.1) is 0 Å². The van der Waals surface area contributed by atoms with E-state index in [1.165, 1.54) is 18.7 Å². The highest BCUT2D eigenvalue weighted by Gasteiger charge is 2.07. The van der Waals surface area contributed by atoms with E-state index < -0.39 is 0 Å². The number of hydrogen-bond donors (Lipinski definition) is 3. The average Bonchev–Trinajstić information content (AvgIpc) is 3.38. The van der Waals surface area contributed by atoms with Gasteiger partial charge in [0.15, 0.2) is 5.65 Å². The van der Waals surface area contributed by atoms with Crippen LogP contribution in [0.15, 0.2) is 91.7 Å². The minimum Gasteiger partial charge on any atom is -0.457 e. The number of ether oxygens (including phenoxy) is 1. The number of carbonyl (C=O) groups excluding carboxylic acids is 1. The lowest BCUT2D eigenvalue weighted by atomic mass is 10.2. The van der Waals surface area contributed by atoms with Gasteiger partial charge in [0.25, 0.3) is 0 Å². The predicted octanol–water partition coefficient (Wildman–Crippen LogP) is 5.16. The number of aromatic nitrogens is 5. The summed E-state index contributed by atoms with van der Waals surface area (Å²) >= 11 is 0. The number of nitrogens with zero attached hydrogens (tertiary/aromatic N) is 6. The van der Waals surface area contributed by atoms with Crippen LogP contribution in [0, 0.1) is 6.92 Å². The summed E-state index contributed by atoms with van der Waals surface area (Å²) in [6.45, 7) is 2.67. The first-order valence-electron chi connectivity index (χ1n) is 12.6. The highest BCUT2D eigenvalue weighted by Crippen LogP contribution is 2.29. The van der Waals surface area contributed by atoms with E-state index in [9.17, 15) is 4.79 Å². The first kappa shape index (κ1) is 26.3. The van der Waals surface area contributed by atoms with Gasteiger partial charge >= 0.3 is 0 Å². The summed E-state index contributed by atoms with van der Waals surface area (Å²) in [4.78, 5) is 27.0. The lowest BCUT2D eigenvalue weighted by Gasteiger charge is -2.12. The van der Waals surface area contributed by atoms with Crippen LogP contribution in [0.5, 0.6) is 11.5 Å². The standard InChI is InChI=1S/C29H29N9O2/c1-20-14-23(9-10-25(20)40-24-11-13-38-28(16-24)32-19-33-38)35-27-17-26(30-18-31-27)34-21-6-4-7-22(15-21)36-29(39)8-5-12-37(2)3/h4-11,13-19H,12H2,1-3H3,(H,36,39)(H2,30,31,34,35). The molecule has 0 radical (unpaired) electrons. The monoisotopic (exact) mass is 535 g/mol. The van der Waals surface area contributed by atoms with Crippen LogP contribution in [0.2, 0.25) is 0 Å². The molecule has 0 aliphatic carbocycles. The third-order valence-corrected chi connectivity index (χ3v) is 5.74. The molecule has 0 spiro atoms. The van der Waals surface area contributed by atoms with Gasteiger partial charge in [0.1, 0.15) is 35.8 Å². The lowest BCUT2D eigenvalue weighted by Crippen LogP contribution is -2.12. The topological polar surface area (TPSA) is 122 Å². The minimum absolute atomic E-state index is 0.185. The SMILES string of the molecule is Cc1cc(Nc2cc(Nc3cccc(NC(=O)C=CCN(C)C)c3)ncn2)ccc1Oc1ccn2ncnc2c1.